The molecule has 0 radical (unpaired) electrons. The highest BCUT2D eigenvalue weighted by Crippen LogP contribution is 2.37. The van der Waals surface area contributed by atoms with E-state index in [0.717, 1.165) is 31.9 Å². The van der Waals surface area contributed by atoms with Crippen LogP contribution in [0.15, 0.2) is 48.7 Å². The van der Waals surface area contributed by atoms with Crippen LogP contribution in [-0.2, 0) is 0 Å². The van der Waals surface area contributed by atoms with Gasteiger partial charge in [0.1, 0.15) is 5.56 Å². The van der Waals surface area contributed by atoms with Crippen molar-refractivity contribution in [2.45, 2.75) is 0 Å². The Morgan fingerprint density at radius 2 is 1.70 bits per heavy atom. The van der Waals surface area contributed by atoms with Crippen LogP contribution >= 0.6 is 23.2 Å². The van der Waals surface area contributed by atoms with Crippen LogP contribution in [0.2, 0.25) is 10.0 Å². The predicted molar refractivity (Wildman–Crippen MR) is 130 cm³/mol. The minimum Gasteiger partial charge on any atom is -0.455 e. The number of amides is 1. The third kappa shape index (κ3) is 4.42. The Hall–Kier alpha value is -3.07. The molecule has 0 saturated carbocycles. The van der Waals surface area contributed by atoms with E-state index in [0.29, 0.717) is 21.7 Å². The molecule has 3 heterocycles. The van der Waals surface area contributed by atoms with E-state index >= 15 is 0 Å². The minimum atomic E-state index is -0.325. The molecule has 1 N–H and O–H groups in total. The topological polar surface area (TPSA) is 73.8 Å². The van der Waals surface area contributed by atoms with Gasteiger partial charge in [-0.05, 0) is 43.4 Å². The summed E-state index contributed by atoms with van der Waals surface area (Å²) in [6.45, 7) is 4.09. The maximum atomic E-state index is 13.0. The van der Waals surface area contributed by atoms with Crippen molar-refractivity contribution in [3.8, 4) is 5.88 Å². The second-order valence-corrected chi connectivity index (χ2v) is 8.77. The second-order valence-electron chi connectivity index (χ2n) is 7.95. The second kappa shape index (κ2) is 9.05. The van der Waals surface area contributed by atoms with Crippen LogP contribution in [0.5, 0.6) is 5.88 Å². The standard InChI is InChI=1S/C23H22Cl2N6O2/c1-29-9-11-30(12-10-29)16-7-5-15(6-8-16)27-23-26-13-17-21(28-23)33-14-31(22(17)32)20-18(24)3-2-4-19(20)25/h2-8,13H,9-12,14H2,1H3,(H,26,27,28). The summed E-state index contributed by atoms with van der Waals surface area (Å²) in [5, 5.41) is 3.90. The van der Waals surface area contributed by atoms with Gasteiger partial charge < -0.3 is 19.9 Å². The Morgan fingerprint density at radius 3 is 2.39 bits per heavy atom. The van der Waals surface area contributed by atoms with Crippen molar-refractivity contribution >= 4 is 52.1 Å². The van der Waals surface area contributed by atoms with Crippen molar-refractivity contribution in [1.82, 2.24) is 14.9 Å². The molecule has 1 aromatic heterocycles. The fourth-order valence-corrected chi connectivity index (χ4v) is 4.48. The van der Waals surface area contributed by atoms with Crippen LogP contribution in [-0.4, -0.2) is 60.7 Å². The molecule has 33 heavy (non-hydrogen) atoms. The molecule has 0 unspecified atom stereocenters. The highest BCUT2D eigenvalue weighted by Gasteiger charge is 2.31. The number of anilines is 4. The van der Waals surface area contributed by atoms with Gasteiger partial charge in [0.15, 0.2) is 6.73 Å². The number of carbonyl (C=O) groups is 1. The number of rotatable bonds is 4. The fraction of sp³-hybridized carbons (Fsp3) is 0.261. The number of para-hydroxylation sites is 1. The predicted octanol–water partition coefficient (Wildman–Crippen LogP) is 4.28. The lowest BCUT2D eigenvalue weighted by molar-refractivity contribution is 0.0932. The molecule has 0 spiro atoms. The van der Waals surface area contributed by atoms with Crippen molar-refractivity contribution in [3.63, 3.8) is 0 Å². The van der Waals surface area contributed by atoms with Gasteiger partial charge in [-0.15, -0.1) is 0 Å². The van der Waals surface area contributed by atoms with E-state index in [4.69, 9.17) is 27.9 Å². The smallest absolute Gasteiger partial charge is 0.268 e. The number of ether oxygens (including phenoxy) is 1. The number of likely N-dealkylation sites (N-methyl/N-ethyl adjacent to an activating group) is 1. The maximum absolute atomic E-state index is 13.0. The van der Waals surface area contributed by atoms with Crippen molar-refractivity contribution in [2.24, 2.45) is 0 Å². The number of nitrogens with zero attached hydrogens (tertiary/aromatic N) is 5. The number of benzene rings is 2. The lowest BCUT2D eigenvalue weighted by atomic mass is 10.2. The number of fused-ring (bicyclic) bond motifs is 1. The van der Waals surface area contributed by atoms with Gasteiger partial charge in [0.05, 0.1) is 15.7 Å². The molecule has 5 rings (SSSR count). The molecule has 1 amide bonds. The average Bonchev–Trinajstić information content (AvgIpc) is 2.81. The summed E-state index contributed by atoms with van der Waals surface area (Å²) in [4.78, 5) is 27.8. The van der Waals surface area contributed by atoms with Gasteiger partial charge in [-0.2, -0.15) is 4.98 Å². The number of hydrogen-bond donors (Lipinski definition) is 1. The van der Waals surface area contributed by atoms with E-state index in [-0.39, 0.29) is 24.1 Å². The molecule has 2 aliphatic rings. The van der Waals surface area contributed by atoms with E-state index in [1.807, 2.05) is 12.1 Å². The Labute approximate surface area is 201 Å². The van der Waals surface area contributed by atoms with Gasteiger partial charge in [0, 0.05) is 43.8 Å². The minimum absolute atomic E-state index is 0.0501. The molecule has 1 fully saturated rings. The number of piperazine rings is 1. The van der Waals surface area contributed by atoms with Crippen molar-refractivity contribution in [3.05, 3.63) is 64.3 Å². The van der Waals surface area contributed by atoms with Gasteiger partial charge in [-0.25, -0.2) is 4.98 Å². The highest BCUT2D eigenvalue weighted by molar-refractivity contribution is 6.40. The van der Waals surface area contributed by atoms with Crippen molar-refractivity contribution in [2.75, 3.05) is 55.1 Å². The summed E-state index contributed by atoms with van der Waals surface area (Å²) in [6, 6.07) is 13.2. The normalized spacial score (nSPS) is 16.4. The van der Waals surface area contributed by atoms with E-state index in [2.05, 4.69) is 44.3 Å². The van der Waals surface area contributed by atoms with Gasteiger partial charge in [-0.1, -0.05) is 29.3 Å². The van der Waals surface area contributed by atoms with Crippen molar-refractivity contribution < 1.29 is 9.53 Å². The summed E-state index contributed by atoms with van der Waals surface area (Å²) in [5.41, 5.74) is 2.68. The summed E-state index contributed by atoms with van der Waals surface area (Å²) < 4.78 is 5.74. The first-order chi connectivity index (χ1) is 16.0. The van der Waals surface area contributed by atoms with E-state index in [1.165, 1.54) is 16.8 Å². The zero-order valence-corrected chi connectivity index (χ0v) is 19.5. The van der Waals surface area contributed by atoms with Gasteiger partial charge in [-0.3, -0.25) is 9.69 Å². The summed E-state index contributed by atoms with van der Waals surface area (Å²) >= 11 is 12.5. The number of nitrogens with one attached hydrogen (secondary N) is 1. The zero-order valence-electron chi connectivity index (χ0n) is 18.0. The third-order valence-electron chi connectivity index (χ3n) is 5.76. The Bertz CT molecular complexity index is 1160. The van der Waals surface area contributed by atoms with Crippen molar-refractivity contribution in [1.29, 1.82) is 0 Å². The molecular formula is C23H22Cl2N6O2. The molecule has 1 saturated heterocycles. The average molecular weight is 485 g/mol. The van der Waals surface area contributed by atoms with Crippen LogP contribution in [0.3, 0.4) is 0 Å². The first kappa shape index (κ1) is 21.8. The molecule has 2 aliphatic heterocycles. The molecule has 0 atom stereocenters. The Balaban J connectivity index is 1.30. The molecule has 0 aliphatic carbocycles. The lowest BCUT2D eigenvalue weighted by Gasteiger charge is -2.34. The molecular weight excluding hydrogens is 463 g/mol. The quantitative estimate of drug-likeness (QED) is 0.592. The summed E-state index contributed by atoms with van der Waals surface area (Å²) in [5.74, 6) is 0.235. The summed E-state index contributed by atoms with van der Waals surface area (Å²) in [6.07, 6.45) is 1.45. The fourth-order valence-electron chi connectivity index (χ4n) is 3.88. The molecule has 3 aromatic rings. The molecule has 2 aromatic carbocycles. The van der Waals surface area contributed by atoms with Crippen LogP contribution in [0.1, 0.15) is 10.4 Å². The van der Waals surface area contributed by atoms with Gasteiger partial charge in [0.25, 0.3) is 5.91 Å². The number of aromatic nitrogens is 2. The largest absolute Gasteiger partial charge is 0.455 e. The highest BCUT2D eigenvalue weighted by atomic mass is 35.5. The SMILES string of the molecule is CN1CCN(c2ccc(Nc3ncc4c(n3)OCN(c3c(Cl)cccc3Cl)C4=O)cc2)CC1. The van der Waals surface area contributed by atoms with Crippen LogP contribution in [0, 0.1) is 0 Å². The molecule has 8 nitrogen and oxygen atoms in total. The van der Waals surface area contributed by atoms with E-state index in [1.54, 1.807) is 18.2 Å². The number of halogens is 2. The Kier molecular flexibility index (Phi) is 5.97. The maximum Gasteiger partial charge on any atom is 0.268 e. The van der Waals surface area contributed by atoms with Crippen LogP contribution in [0.25, 0.3) is 0 Å². The summed E-state index contributed by atoms with van der Waals surface area (Å²) in [7, 11) is 2.14. The Morgan fingerprint density at radius 1 is 1.00 bits per heavy atom. The first-order valence-electron chi connectivity index (χ1n) is 10.6. The molecule has 170 valence electrons. The van der Waals surface area contributed by atoms with E-state index < -0.39 is 0 Å². The van der Waals surface area contributed by atoms with Gasteiger partial charge >= 0.3 is 0 Å². The first-order valence-corrected chi connectivity index (χ1v) is 11.3. The van der Waals surface area contributed by atoms with E-state index in [9.17, 15) is 4.79 Å². The van der Waals surface area contributed by atoms with Gasteiger partial charge in [0.2, 0.25) is 11.8 Å². The molecule has 0 bridgehead atoms. The number of carbonyl (C=O) groups excluding carboxylic acids is 1. The molecule has 10 heteroatoms. The number of hydrogen-bond acceptors (Lipinski definition) is 7. The third-order valence-corrected chi connectivity index (χ3v) is 6.37. The van der Waals surface area contributed by atoms with Crippen LogP contribution < -0.4 is 19.9 Å². The zero-order chi connectivity index (χ0) is 22.9. The monoisotopic (exact) mass is 484 g/mol. The lowest BCUT2D eigenvalue weighted by Crippen LogP contribution is -2.44. The van der Waals surface area contributed by atoms with Crippen LogP contribution in [0.4, 0.5) is 23.0 Å².